The molecule has 2 rings (SSSR count). The average molecular weight is 366 g/mol. The maximum atomic E-state index is 11.8. The molecule has 108 valence electrons. The van der Waals surface area contributed by atoms with E-state index in [0.29, 0.717) is 10.9 Å². The van der Waals surface area contributed by atoms with Crippen LogP contribution in [0.2, 0.25) is 0 Å². The number of aromatic nitrogens is 4. The Morgan fingerprint density at radius 2 is 2.15 bits per heavy atom. The fourth-order valence-corrected chi connectivity index (χ4v) is 4.74. The minimum atomic E-state index is -0.111. The van der Waals surface area contributed by atoms with Gasteiger partial charge < -0.3 is 0 Å². The van der Waals surface area contributed by atoms with Gasteiger partial charge in [0.25, 0.3) is 0 Å². The highest BCUT2D eigenvalue weighted by molar-refractivity contribution is 8.02. The molecular weight excluding hydrogens is 354 g/mol. The van der Waals surface area contributed by atoms with Gasteiger partial charge in [-0.2, -0.15) is 4.37 Å². The summed E-state index contributed by atoms with van der Waals surface area (Å²) in [4.78, 5) is 16.0. The summed E-state index contributed by atoms with van der Waals surface area (Å²) in [6.07, 6.45) is 1.92. The lowest BCUT2D eigenvalue weighted by Crippen LogP contribution is -2.13. The molecule has 1 N–H and O–H groups in total. The van der Waals surface area contributed by atoms with E-state index in [1.54, 1.807) is 11.8 Å². The Morgan fingerprint density at radius 3 is 2.85 bits per heavy atom. The Morgan fingerprint density at radius 1 is 1.30 bits per heavy atom. The predicted octanol–water partition coefficient (Wildman–Crippen LogP) is 2.95. The molecule has 1 amide bonds. The van der Waals surface area contributed by atoms with Gasteiger partial charge in [0, 0.05) is 0 Å². The molecule has 2 aromatic rings. The van der Waals surface area contributed by atoms with Gasteiger partial charge in [-0.3, -0.25) is 10.1 Å². The molecule has 11 heteroatoms. The minimum Gasteiger partial charge on any atom is -0.300 e. The van der Waals surface area contributed by atoms with Crippen molar-refractivity contribution in [1.82, 2.24) is 19.6 Å². The highest BCUT2D eigenvalue weighted by Crippen LogP contribution is 2.26. The van der Waals surface area contributed by atoms with Crippen LogP contribution in [0.1, 0.15) is 6.92 Å². The predicted molar refractivity (Wildman–Crippen MR) is 87.4 cm³/mol. The number of nitrogens with zero attached hydrogens (tertiary/aromatic N) is 4. The average Bonchev–Trinajstić information content (AvgIpc) is 3.06. The summed E-state index contributed by atoms with van der Waals surface area (Å²) in [6, 6.07) is 0. The standard InChI is InChI=1S/C9H11N5OS5/c1-3-17-9-13-12-6(19-9)10-5(15)4-18-8-11-7(16-2)14-20-8/h3-4H2,1-2H3,(H,10,12,15). The van der Waals surface area contributed by atoms with E-state index in [-0.39, 0.29) is 5.91 Å². The monoisotopic (exact) mass is 365 g/mol. The normalized spacial score (nSPS) is 10.7. The van der Waals surface area contributed by atoms with Crippen LogP contribution >= 0.6 is 58.2 Å². The van der Waals surface area contributed by atoms with Crippen molar-refractivity contribution in [1.29, 1.82) is 0 Å². The van der Waals surface area contributed by atoms with Crippen LogP contribution in [0.4, 0.5) is 5.13 Å². The van der Waals surface area contributed by atoms with Crippen molar-refractivity contribution >= 4 is 69.2 Å². The molecule has 20 heavy (non-hydrogen) atoms. The zero-order valence-corrected chi connectivity index (χ0v) is 14.7. The Balaban J connectivity index is 1.79. The number of amides is 1. The summed E-state index contributed by atoms with van der Waals surface area (Å²) in [7, 11) is 0. The third-order valence-electron chi connectivity index (χ3n) is 1.82. The zero-order valence-electron chi connectivity index (χ0n) is 10.7. The maximum absolute atomic E-state index is 11.8. The first-order valence-corrected chi connectivity index (χ1v) is 10.3. The van der Waals surface area contributed by atoms with Crippen LogP contribution < -0.4 is 5.32 Å². The van der Waals surface area contributed by atoms with Crippen LogP contribution in [0.5, 0.6) is 0 Å². The fourth-order valence-electron chi connectivity index (χ4n) is 1.06. The molecule has 0 bridgehead atoms. The van der Waals surface area contributed by atoms with Gasteiger partial charge >= 0.3 is 0 Å². The molecule has 6 nitrogen and oxygen atoms in total. The number of rotatable bonds is 7. The van der Waals surface area contributed by atoms with E-state index in [1.807, 2.05) is 13.2 Å². The fraction of sp³-hybridized carbons (Fsp3) is 0.444. The number of carbonyl (C=O) groups is 1. The molecule has 0 aliphatic heterocycles. The summed E-state index contributed by atoms with van der Waals surface area (Å²) < 4.78 is 5.80. The molecule has 0 aliphatic carbocycles. The van der Waals surface area contributed by atoms with Crippen molar-refractivity contribution < 1.29 is 4.79 Å². The van der Waals surface area contributed by atoms with Gasteiger partial charge in [0.1, 0.15) is 0 Å². The molecule has 0 aliphatic rings. The maximum Gasteiger partial charge on any atom is 0.236 e. The lowest BCUT2D eigenvalue weighted by Gasteiger charge is -1.98. The van der Waals surface area contributed by atoms with E-state index in [9.17, 15) is 4.79 Å². The number of nitrogens with one attached hydrogen (secondary N) is 1. The molecule has 0 saturated heterocycles. The van der Waals surface area contributed by atoms with Crippen molar-refractivity contribution in [2.24, 2.45) is 0 Å². The Hall–Kier alpha value is -0.360. The summed E-state index contributed by atoms with van der Waals surface area (Å²) in [5.74, 6) is 1.12. The van der Waals surface area contributed by atoms with E-state index in [2.05, 4.69) is 24.9 Å². The lowest BCUT2D eigenvalue weighted by molar-refractivity contribution is -0.113. The van der Waals surface area contributed by atoms with E-state index < -0.39 is 0 Å². The number of hydrogen-bond donors (Lipinski definition) is 1. The number of anilines is 1. The largest absolute Gasteiger partial charge is 0.300 e. The molecular formula is C9H11N5OS5. The summed E-state index contributed by atoms with van der Waals surface area (Å²) >= 11 is 7.16. The second-order valence-electron chi connectivity index (χ2n) is 3.19. The highest BCUT2D eigenvalue weighted by Gasteiger charge is 2.10. The molecule has 2 aromatic heterocycles. The van der Waals surface area contributed by atoms with E-state index >= 15 is 0 Å². The zero-order chi connectivity index (χ0) is 14.4. The van der Waals surface area contributed by atoms with E-state index in [0.717, 1.165) is 19.6 Å². The van der Waals surface area contributed by atoms with Crippen molar-refractivity contribution in [2.75, 3.05) is 23.1 Å². The molecule has 0 aromatic carbocycles. The van der Waals surface area contributed by atoms with Crippen LogP contribution in [0.15, 0.2) is 13.8 Å². The number of hydrogen-bond acceptors (Lipinski definition) is 10. The third kappa shape index (κ3) is 4.88. The van der Waals surface area contributed by atoms with Crippen LogP contribution in [0.25, 0.3) is 0 Å². The van der Waals surface area contributed by atoms with Crippen LogP contribution in [0, 0.1) is 0 Å². The van der Waals surface area contributed by atoms with Gasteiger partial charge in [-0.05, 0) is 23.5 Å². The van der Waals surface area contributed by atoms with Crippen molar-refractivity contribution in [3.63, 3.8) is 0 Å². The van der Waals surface area contributed by atoms with Crippen molar-refractivity contribution in [3.05, 3.63) is 0 Å². The Kier molecular flexibility index (Phi) is 6.55. The molecule has 0 saturated carbocycles. The van der Waals surface area contributed by atoms with Gasteiger partial charge in [-0.15, -0.1) is 10.2 Å². The first kappa shape index (κ1) is 16.0. The van der Waals surface area contributed by atoms with Gasteiger partial charge in [-0.25, -0.2) is 4.98 Å². The first-order chi connectivity index (χ1) is 9.71. The molecule has 0 unspecified atom stereocenters. The van der Waals surface area contributed by atoms with Crippen molar-refractivity contribution in [3.8, 4) is 0 Å². The second kappa shape index (κ2) is 8.17. The van der Waals surface area contributed by atoms with Gasteiger partial charge in [0.15, 0.2) is 8.68 Å². The van der Waals surface area contributed by atoms with Gasteiger partial charge in [-0.1, -0.05) is 53.5 Å². The summed E-state index contributed by atoms with van der Waals surface area (Å²) in [6.45, 7) is 2.05. The topological polar surface area (TPSA) is 80.7 Å². The third-order valence-corrected chi connectivity index (χ3v) is 6.17. The van der Waals surface area contributed by atoms with E-state index in [1.165, 1.54) is 46.4 Å². The number of thioether (sulfide) groups is 3. The van der Waals surface area contributed by atoms with Crippen LogP contribution in [-0.4, -0.2) is 43.2 Å². The first-order valence-electron chi connectivity index (χ1n) is 5.48. The minimum absolute atomic E-state index is 0.111. The molecule has 2 heterocycles. The second-order valence-corrected chi connectivity index (χ2v) is 8.43. The SMILES string of the molecule is CCSc1nnc(NC(=O)CSc2nc(SC)ns2)s1. The Labute approximate surface area is 137 Å². The summed E-state index contributed by atoms with van der Waals surface area (Å²) in [5, 5.41) is 11.9. The number of carbonyl (C=O) groups excluding carboxylic acids is 1. The summed E-state index contributed by atoms with van der Waals surface area (Å²) in [5.41, 5.74) is 0. The highest BCUT2D eigenvalue weighted by atomic mass is 32.2. The van der Waals surface area contributed by atoms with Gasteiger partial charge in [0.05, 0.1) is 5.75 Å². The molecule has 0 radical (unpaired) electrons. The quantitative estimate of drug-likeness (QED) is 0.592. The van der Waals surface area contributed by atoms with Crippen molar-refractivity contribution in [2.45, 2.75) is 20.8 Å². The smallest absolute Gasteiger partial charge is 0.236 e. The Bertz CT molecular complexity index is 571. The molecule has 0 spiro atoms. The van der Waals surface area contributed by atoms with Crippen LogP contribution in [-0.2, 0) is 4.79 Å². The lowest BCUT2D eigenvalue weighted by atomic mass is 10.7. The molecule has 0 atom stereocenters. The van der Waals surface area contributed by atoms with Gasteiger partial charge in [0.2, 0.25) is 16.2 Å². The van der Waals surface area contributed by atoms with E-state index in [4.69, 9.17) is 0 Å². The molecule has 0 fully saturated rings. The van der Waals surface area contributed by atoms with Crippen LogP contribution in [0.3, 0.4) is 0 Å².